The fourth-order valence-electron chi connectivity index (χ4n) is 2.51. The summed E-state index contributed by atoms with van der Waals surface area (Å²) in [6.07, 6.45) is 3.98. The molecule has 1 N–H and O–H groups in total. The maximum atomic E-state index is 5.63. The van der Waals surface area contributed by atoms with Crippen LogP contribution < -0.4 is 14.2 Å². The van der Waals surface area contributed by atoms with E-state index in [1.165, 1.54) is 0 Å². The monoisotopic (exact) mass is 332 g/mol. The highest BCUT2D eigenvalue weighted by Gasteiger charge is 2.29. The molecule has 0 unspecified atom stereocenters. The summed E-state index contributed by atoms with van der Waals surface area (Å²) >= 11 is 5.24. The van der Waals surface area contributed by atoms with Crippen LogP contribution in [0.3, 0.4) is 0 Å². The SMILES string of the molecule is COc1cc(/C=N\n2c(C3CC3)n[nH]c2=S)cc2c1OCCO2. The van der Waals surface area contributed by atoms with Crippen LogP contribution in [0.1, 0.15) is 30.1 Å². The second-order valence-electron chi connectivity index (χ2n) is 5.46. The molecule has 1 fully saturated rings. The lowest BCUT2D eigenvalue weighted by Crippen LogP contribution is -2.16. The summed E-state index contributed by atoms with van der Waals surface area (Å²) in [5.41, 5.74) is 0.843. The van der Waals surface area contributed by atoms with Gasteiger partial charge in [0.1, 0.15) is 13.2 Å². The van der Waals surface area contributed by atoms with Crippen molar-refractivity contribution < 1.29 is 14.2 Å². The standard InChI is InChI=1S/C15H16N4O3S/c1-20-11-6-9(7-12-13(11)22-5-4-21-12)8-16-19-14(10-2-3-10)17-18-15(19)23/h6-8,10H,2-5H2,1H3,(H,18,23)/b16-8-. The topological polar surface area (TPSA) is 73.7 Å². The third-order valence-electron chi connectivity index (χ3n) is 3.79. The van der Waals surface area contributed by atoms with Gasteiger partial charge in [-0.1, -0.05) is 0 Å². The van der Waals surface area contributed by atoms with Crippen molar-refractivity contribution in [3.63, 3.8) is 0 Å². The first-order valence-electron chi connectivity index (χ1n) is 7.45. The Morgan fingerprint density at radius 2 is 2.22 bits per heavy atom. The zero-order valence-electron chi connectivity index (χ0n) is 12.6. The number of ether oxygens (including phenoxy) is 3. The molecule has 23 heavy (non-hydrogen) atoms. The average Bonchev–Trinajstić information content (AvgIpc) is 3.35. The molecule has 0 bridgehead atoms. The predicted molar refractivity (Wildman–Crippen MR) is 86.4 cm³/mol. The molecule has 1 aromatic heterocycles. The number of methoxy groups -OCH3 is 1. The number of hydrogen-bond donors (Lipinski definition) is 1. The first-order valence-corrected chi connectivity index (χ1v) is 7.86. The van der Waals surface area contributed by atoms with Crippen molar-refractivity contribution in [1.29, 1.82) is 0 Å². The van der Waals surface area contributed by atoms with Crippen LogP contribution in [0.4, 0.5) is 0 Å². The van der Waals surface area contributed by atoms with Crippen LogP contribution >= 0.6 is 12.2 Å². The highest BCUT2D eigenvalue weighted by Crippen LogP contribution is 2.40. The van der Waals surface area contributed by atoms with E-state index in [1.807, 2.05) is 12.1 Å². The summed E-state index contributed by atoms with van der Waals surface area (Å²) in [7, 11) is 1.60. The number of nitrogens with zero attached hydrogens (tertiary/aromatic N) is 3. The van der Waals surface area contributed by atoms with Gasteiger partial charge in [-0.3, -0.25) is 5.10 Å². The lowest BCUT2D eigenvalue weighted by molar-refractivity contribution is 0.165. The molecule has 7 nitrogen and oxygen atoms in total. The van der Waals surface area contributed by atoms with Crippen LogP contribution in [0.2, 0.25) is 0 Å². The molecular formula is C15H16N4O3S. The van der Waals surface area contributed by atoms with Gasteiger partial charge in [-0.15, -0.1) is 0 Å². The molecule has 1 aliphatic heterocycles. The Morgan fingerprint density at radius 1 is 1.39 bits per heavy atom. The second-order valence-corrected chi connectivity index (χ2v) is 5.85. The van der Waals surface area contributed by atoms with Crippen molar-refractivity contribution >= 4 is 18.4 Å². The number of H-pyrrole nitrogens is 1. The van der Waals surface area contributed by atoms with Crippen molar-refractivity contribution in [3.8, 4) is 17.2 Å². The van der Waals surface area contributed by atoms with Crippen LogP contribution in [0.5, 0.6) is 17.2 Å². The molecule has 0 atom stereocenters. The second kappa shape index (κ2) is 5.69. The molecule has 2 heterocycles. The number of fused-ring (bicyclic) bond motifs is 1. The van der Waals surface area contributed by atoms with Crippen molar-refractivity contribution in [3.05, 3.63) is 28.3 Å². The molecule has 0 saturated heterocycles. The van der Waals surface area contributed by atoms with Gasteiger partial charge >= 0.3 is 0 Å². The van der Waals surface area contributed by atoms with E-state index in [9.17, 15) is 0 Å². The van der Waals surface area contributed by atoms with Gasteiger partial charge in [0.15, 0.2) is 17.3 Å². The van der Waals surface area contributed by atoms with Crippen molar-refractivity contribution in [2.45, 2.75) is 18.8 Å². The minimum atomic E-state index is 0.454. The van der Waals surface area contributed by atoms with Gasteiger partial charge in [0.2, 0.25) is 10.5 Å². The van der Waals surface area contributed by atoms with E-state index in [0.717, 1.165) is 24.2 Å². The summed E-state index contributed by atoms with van der Waals surface area (Å²) in [6.45, 7) is 1.04. The number of hydrogen-bond acceptors (Lipinski definition) is 6. The highest BCUT2D eigenvalue weighted by atomic mass is 32.1. The van der Waals surface area contributed by atoms with E-state index >= 15 is 0 Å². The minimum Gasteiger partial charge on any atom is -0.493 e. The average molecular weight is 332 g/mol. The lowest BCUT2D eigenvalue weighted by Gasteiger charge is -2.20. The lowest BCUT2D eigenvalue weighted by atomic mass is 10.2. The van der Waals surface area contributed by atoms with E-state index in [-0.39, 0.29) is 0 Å². The van der Waals surface area contributed by atoms with Gasteiger partial charge in [-0.05, 0) is 37.2 Å². The fraction of sp³-hybridized carbons (Fsp3) is 0.400. The number of aromatic nitrogens is 3. The van der Waals surface area contributed by atoms with Gasteiger partial charge in [0.25, 0.3) is 0 Å². The van der Waals surface area contributed by atoms with Crippen molar-refractivity contribution in [2.75, 3.05) is 20.3 Å². The summed E-state index contributed by atoms with van der Waals surface area (Å²) in [4.78, 5) is 0. The number of benzene rings is 1. The maximum Gasteiger partial charge on any atom is 0.216 e. The molecule has 8 heteroatoms. The molecule has 4 rings (SSSR count). The number of aromatic amines is 1. The number of rotatable bonds is 4. The molecule has 1 aromatic carbocycles. The number of nitrogens with one attached hydrogen (secondary N) is 1. The molecule has 0 amide bonds. The third-order valence-corrected chi connectivity index (χ3v) is 4.05. The van der Waals surface area contributed by atoms with Crippen molar-refractivity contribution in [1.82, 2.24) is 14.9 Å². The highest BCUT2D eigenvalue weighted by molar-refractivity contribution is 7.71. The normalized spacial score (nSPS) is 16.7. The van der Waals surface area contributed by atoms with E-state index in [4.69, 9.17) is 26.4 Å². The molecule has 2 aromatic rings. The van der Waals surface area contributed by atoms with Gasteiger partial charge < -0.3 is 14.2 Å². The van der Waals surface area contributed by atoms with Gasteiger partial charge in [0.05, 0.1) is 13.3 Å². The van der Waals surface area contributed by atoms with E-state index in [2.05, 4.69) is 15.3 Å². The van der Waals surface area contributed by atoms with Crippen LogP contribution in [-0.2, 0) is 0 Å². The maximum absolute atomic E-state index is 5.63. The first-order chi connectivity index (χ1) is 11.3. The van der Waals surface area contributed by atoms with Gasteiger partial charge in [-0.2, -0.15) is 14.9 Å². The predicted octanol–water partition coefficient (Wildman–Crippen LogP) is 2.48. The van der Waals surface area contributed by atoms with Crippen LogP contribution in [0.15, 0.2) is 17.2 Å². The summed E-state index contributed by atoms with van der Waals surface area (Å²) in [5.74, 6) is 3.26. The third kappa shape index (κ3) is 2.70. The molecule has 1 aliphatic carbocycles. The largest absolute Gasteiger partial charge is 0.493 e. The molecule has 2 aliphatic rings. The molecular weight excluding hydrogens is 316 g/mol. The Labute approximate surface area is 137 Å². The van der Waals surface area contributed by atoms with Crippen LogP contribution in [0.25, 0.3) is 0 Å². The smallest absolute Gasteiger partial charge is 0.216 e. The van der Waals surface area contributed by atoms with Crippen molar-refractivity contribution in [2.24, 2.45) is 5.10 Å². The van der Waals surface area contributed by atoms with Crippen LogP contribution in [0, 0.1) is 4.77 Å². The fourth-order valence-corrected chi connectivity index (χ4v) is 2.70. The van der Waals surface area contributed by atoms with E-state index < -0.39 is 0 Å². The summed E-state index contributed by atoms with van der Waals surface area (Å²) in [5, 5.41) is 11.5. The quantitative estimate of drug-likeness (QED) is 0.688. The zero-order chi connectivity index (χ0) is 15.8. The summed E-state index contributed by atoms with van der Waals surface area (Å²) in [6, 6.07) is 3.73. The Bertz CT molecular complexity index is 805. The first kappa shape index (κ1) is 14.3. The Kier molecular flexibility index (Phi) is 3.53. The molecule has 120 valence electrons. The summed E-state index contributed by atoms with van der Waals surface area (Å²) < 4.78 is 18.8. The molecule has 0 radical (unpaired) electrons. The molecule has 0 spiro atoms. The van der Waals surface area contributed by atoms with Gasteiger partial charge in [0, 0.05) is 11.5 Å². The van der Waals surface area contributed by atoms with E-state index in [1.54, 1.807) is 18.0 Å². The van der Waals surface area contributed by atoms with Crippen LogP contribution in [-0.4, -0.2) is 41.4 Å². The zero-order valence-corrected chi connectivity index (χ0v) is 13.4. The Balaban J connectivity index is 1.69. The Morgan fingerprint density at radius 3 is 3.00 bits per heavy atom. The Hall–Kier alpha value is -2.35. The van der Waals surface area contributed by atoms with Gasteiger partial charge in [-0.25, -0.2) is 0 Å². The minimum absolute atomic E-state index is 0.454. The van der Waals surface area contributed by atoms with E-state index in [0.29, 0.717) is 41.2 Å². The molecule has 1 saturated carbocycles.